The zero-order valence-corrected chi connectivity index (χ0v) is 19.3. The molecular weight excluding hydrogens is 460 g/mol. The Balaban J connectivity index is 1.43. The fraction of sp³-hybridized carbons (Fsp3) is 0.292. The number of carbonyl (C=O) groups is 2. The summed E-state index contributed by atoms with van der Waals surface area (Å²) in [7, 11) is 4.63. The van der Waals surface area contributed by atoms with Gasteiger partial charge in [0.2, 0.25) is 0 Å². The summed E-state index contributed by atoms with van der Waals surface area (Å²) in [5.41, 5.74) is 0.699. The second-order valence-electron chi connectivity index (χ2n) is 8.59. The molecule has 9 nitrogen and oxygen atoms in total. The van der Waals surface area contributed by atoms with Gasteiger partial charge in [-0.15, -0.1) is 0 Å². The number of hydrogen-bond acceptors (Lipinski definition) is 6. The number of likely N-dealkylation sites (N-methyl/N-ethyl adjacent to an activating group) is 1. The van der Waals surface area contributed by atoms with E-state index in [1.54, 1.807) is 24.1 Å². The highest BCUT2D eigenvalue weighted by molar-refractivity contribution is 6.04. The van der Waals surface area contributed by atoms with E-state index in [9.17, 15) is 18.4 Å². The van der Waals surface area contributed by atoms with Crippen molar-refractivity contribution in [2.45, 2.75) is 12.1 Å². The molecule has 0 saturated carbocycles. The Kier molecular flexibility index (Phi) is 5.34. The molecule has 1 unspecified atom stereocenters. The van der Waals surface area contributed by atoms with Crippen LogP contribution in [0.15, 0.2) is 47.3 Å². The van der Waals surface area contributed by atoms with Crippen LogP contribution >= 0.6 is 0 Å². The predicted octanol–water partition coefficient (Wildman–Crippen LogP) is 3.78. The van der Waals surface area contributed by atoms with Crippen molar-refractivity contribution in [1.82, 2.24) is 14.8 Å². The lowest BCUT2D eigenvalue weighted by atomic mass is 9.96. The van der Waals surface area contributed by atoms with Crippen molar-refractivity contribution in [2.75, 3.05) is 44.5 Å². The van der Waals surface area contributed by atoms with Crippen molar-refractivity contribution in [1.29, 1.82) is 0 Å². The van der Waals surface area contributed by atoms with Gasteiger partial charge in [-0.1, -0.05) is 0 Å². The largest absolute Gasteiger partial charge is 0.496 e. The number of carbonyl (C=O) groups excluding carboxylic acids is 2. The van der Waals surface area contributed by atoms with Crippen LogP contribution in [-0.2, 0) is 0 Å². The second kappa shape index (κ2) is 8.26. The number of fused-ring (bicyclic) bond motifs is 1. The summed E-state index contributed by atoms with van der Waals surface area (Å²) >= 11 is 0. The van der Waals surface area contributed by atoms with Crippen LogP contribution in [0.4, 0.5) is 25.0 Å². The van der Waals surface area contributed by atoms with Crippen LogP contribution in [0.1, 0.15) is 16.8 Å². The average molecular weight is 483 g/mol. The third-order valence-corrected chi connectivity index (χ3v) is 6.66. The number of methoxy groups -OCH3 is 1. The molecular formula is C24H23F2N5O4. The van der Waals surface area contributed by atoms with E-state index in [0.29, 0.717) is 41.3 Å². The number of oxazole rings is 1. The molecule has 3 aromatic rings. The third kappa shape index (κ3) is 3.63. The van der Waals surface area contributed by atoms with Gasteiger partial charge in [0.25, 0.3) is 5.91 Å². The topological polar surface area (TPSA) is 91.2 Å². The quantitative estimate of drug-likeness (QED) is 0.610. The van der Waals surface area contributed by atoms with Crippen molar-refractivity contribution < 1.29 is 27.5 Å². The number of nitrogens with zero attached hydrogens (tertiary/aromatic N) is 4. The van der Waals surface area contributed by atoms with E-state index in [4.69, 9.17) is 9.15 Å². The second-order valence-corrected chi connectivity index (χ2v) is 8.59. The van der Waals surface area contributed by atoms with Crippen LogP contribution in [0.25, 0.3) is 11.3 Å². The lowest BCUT2D eigenvalue weighted by molar-refractivity contribution is 0.0607. The van der Waals surface area contributed by atoms with E-state index < -0.39 is 23.3 Å². The van der Waals surface area contributed by atoms with Crippen LogP contribution in [0.2, 0.25) is 0 Å². The summed E-state index contributed by atoms with van der Waals surface area (Å²) < 4.78 is 38.4. The fourth-order valence-electron chi connectivity index (χ4n) is 4.68. The molecule has 0 radical (unpaired) electrons. The number of aromatic nitrogens is 1. The zero-order chi connectivity index (χ0) is 24.9. The fourth-order valence-corrected chi connectivity index (χ4v) is 4.68. The van der Waals surface area contributed by atoms with Crippen molar-refractivity contribution in [2.24, 2.45) is 0 Å². The highest BCUT2D eigenvalue weighted by atomic mass is 19.1. The number of likely N-dealkylation sites (tertiary alicyclic amines) is 1. The average Bonchev–Trinajstić information content (AvgIpc) is 3.52. The zero-order valence-electron chi connectivity index (χ0n) is 19.3. The third-order valence-electron chi connectivity index (χ3n) is 6.66. The first kappa shape index (κ1) is 22.6. The highest BCUT2D eigenvalue weighted by Crippen LogP contribution is 2.42. The normalized spacial score (nSPS) is 19.1. The van der Waals surface area contributed by atoms with E-state index in [-0.39, 0.29) is 18.1 Å². The molecule has 1 aromatic heterocycles. The SMILES string of the molecule is COc1cc2c(cc1-c1cnco1)C(=O)N(C)C1(CCN(C(=O)N(C)c3ccc(F)cc3F)C1)N2. The van der Waals surface area contributed by atoms with Crippen LogP contribution in [0.3, 0.4) is 0 Å². The van der Waals surface area contributed by atoms with Gasteiger partial charge in [-0.05, 0) is 18.2 Å². The number of nitrogens with one attached hydrogen (secondary N) is 1. The van der Waals surface area contributed by atoms with Crippen LogP contribution in [0.5, 0.6) is 5.75 Å². The minimum Gasteiger partial charge on any atom is -0.496 e. The number of hydrogen-bond donors (Lipinski definition) is 1. The standard InChI is InChI=1S/C24H23F2N5O4/c1-29(19-5-4-14(25)8-17(19)26)23(33)31-7-6-24(12-31)28-18-10-20(34-3)16(21-11-27-13-35-21)9-15(18)22(32)30(24)2/h4-5,8-11,13,28H,6-7,12H2,1-3H3. The Morgan fingerprint density at radius 3 is 2.74 bits per heavy atom. The van der Waals surface area contributed by atoms with E-state index in [1.165, 1.54) is 37.7 Å². The summed E-state index contributed by atoms with van der Waals surface area (Å²) in [5, 5.41) is 3.42. The smallest absolute Gasteiger partial charge is 0.324 e. The Labute approximate surface area is 199 Å². The Morgan fingerprint density at radius 2 is 2.06 bits per heavy atom. The van der Waals surface area contributed by atoms with Gasteiger partial charge >= 0.3 is 6.03 Å². The molecule has 2 aromatic carbocycles. The summed E-state index contributed by atoms with van der Waals surface area (Å²) in [6.45, 7) is 0.506. The van der Waals surface area contributed by atoms with Gasteiger partial charge in [-0.25, -0.2) is 18.6 Å². The summed E-state index contributed by atoms with van der Waals surface area (Å²) in [6, 6.07) is 6.01. The van der Waals surface area contributed by atoms with Gasteiger partial charge in [-0.3, -0.25) is 9.69 Å². The minimum absolute atomic E-state index is 0.0339. The Bertz CT molecular complexity index is 1320. The van der Waals surface area contributed by atoms with Crippen molar-refractivity contribution >= 4 is 23.3 Å². The maximum atomic E-state index is 14.2. The number of amides is 3. The lowest BCUT2D eigenvalue weighted by Crippen LogP contribution is -2.60. The van der Waals surface area contributed by atoms with Crippen molar-refractivity contribution in [3.63, 3.8) is 0 Å². The molecule has 2 aliphatic rings. The Morgan fingerprint density at radius 1 is 1.26 bits per heavy atom. The number of ether oxygens (including phenoxy) is 1. The van der Waals surface area contributed by atoms with Crippen LogP contribution in [-0.4, -0.2) is 66.7 Å². The van der Waals surface area contributed by atoms with Gasteiger partial charge in [0.05, 0.1) is 42.4 Å². The Hall–Kier alpha value is -4.15. The van der Waals surface area contributed by atoms with Crippen molar-refractivity contribution in [3.8, 4) is 17.1 Å². The van der Waals surface area contributed by atoms with E-state index in [1.807, 2.05) is 0 Å². The molecule has 1 atom stereocenters. The van der Waals surface area contributed by atoms with Crippen LogP contribution in [0, 0.1) is 11.6 Å². The molecule has 1 fully saturated rings. The molecule has 1 saturated heterocycles. The lowest BCUT2D eigenvalue weighted by Gasteiger charge is -2.44. The summed E-state index contributed by atoms with van der Waals surface area (Å²) in [6.07, 6.45) is 3.29. The van der Waals surface area contributed by atoms with E-state index in [0.717, 1.165) is 17.0 Å². The molecule has 5 rings (SSSR count). The number of urea groups is 1. The van der Waals surface area contributed by atoms with E-state index in [2.05, 4.69) is 10.3 Å². The molecule has 2 aliphatic heterocycles. The molecule has 1 spiro atoms. The molecule has 3 heterocycles. The first-order chi connectivity index (χ1) is 16.7. The first-order valence-electron chi connectivity index (χ1n) is 10.9. The van der Waals surface area contributed by atoms with Gasteiger partial charge in [0.1, 0.15) is 23.0 Å². The minimum atomic E-state index is -0.860. The molecule has 11 heteroatoms. The molecule has 0 bridgehead atoms. The number of halogens is 2. The predicted molar refractivity (Wildman–Crippen MR) is 123 cm³/mol. The first-order valence-corrected chi connectivity index (χ1v) is 10.9. The molecule has 35 heavy (non-hydrogen) atoms. The number of benzene rings is 2. The molecule has 0 aliphatic carbocycles. The number of rotatable bonds is 3. The monoisotopic (exact) mass is 483 g/mol. The summed E-state index contributed by atoms with van der Waals surface area (Å²) in [5.74, 6) is -0.817. The molecule has 182 valence electrons. The van der Waals surface area contributed by atoms with Crippen molar-refractivity contribution in [3.05, 3.63) is 60.1 Å². The highest BCUT2D eigenvalue weighted by Gasteiger charge is 2.49. The van der Waals surface area contributed by atoms with Gasteiger partial charge in [0, 0.05) is 39.2 Å². The van der Waals surface area contributed by atoms with Gasteiger partial charge in [-0.2, -0.15) is 0 Å². The van der Waals surface area contributed by atoms with Gasteiger partial charge < -0.3 is 24.3 Å². The number of anilines is 2. The maximum Gasteiger partial charge on any atom is 0.324 e. The van der Waals surface area contributed by atoms with E-state index >= 15 is 0 Å². The van der Waals surface area contributed by atoms with Crippen LogP contribution < -0.4 is 15.0 Å². The van der Waals surface area contributed by atoms with Gasteiger partial charge in [0.15, 0.2) is 12.2 Å². The molecule has 1 N–H and O–H groups in total. The molecule has 3 amide bonds. The maximum absolute atomic E-state index is 14.2. The summed E-state index contributed by atoms with van der Waals surface area (Å²) in [4.78, 5) is 34.7.